The van der Waals surface area contributed by atoms with Gasteiger partial charge in [0.05, 0.1) is 0 Å². The minimum Gasteiger partial charge on any atom is -0.244 e. The maximum Gasteiger partial charge on any atom is 0.239 e. The number of rotatable bonds is 2. The quantitative estimate of drug-likeness (QED) is 0.748. The number of imidazole rings is 2. The normalized spacial score (nSPS) is 13.1. The van der Waals surface area contributed by atoms with E-state index in [2.05, 4.69) is 9.97 Å². The number of nitrogens with zero attached hydrogens (tertiary/aromatic N) is 4. The Morgan fingerprint density at radius 2 is 1.38 bits per heavy atom. The Morgan fingerprint density at radius 3 is 1.69 bits per heavy atom. The first-order valence-electron chi connectivity index (χ1n) is 3.41. The van der Waals surface area contributed by atoms with Crippen LogP contribution < -0.4 is 0 Å². The maximum atomic E-state index is 13.5. The molecule has 70 valence electrons. The lowest BCUT2D eigenvalue weighted by molar-refractivity contribution is 0.693. The first kappa shape index (κ1) is 8.24. The molecule has 0 amide bonds. The second kappa shape index (κ2) is 2.84. The zero-order valence-corrected chi connectivity index (χ0v) is 7.23. The van der Waals surface area contributed by atoms with Gasteiger partial charge >= 0.3 is 0 Å². The molecule has 0 saturated carbocycles. The van der Waals surface area contributed by atoms with Gasteiger partial charge in [-0.1, -0.05) is 0 Å². The first-order chi connectivity index (χ1) is 6.21. The molecule has 2 aromatic heterocycles. The van der Waals surface area contributed by atoms with Crippen LogP contribution in [0.2, 0.25) is 0 Å². The van der Waals surface area contributed by atoms with E-state index in [4.69, 9.17) is 0 Å². The highest BCUT2D eigenvalue weighted by molar-refractivity contribution is 8.22. The van der Waals surface area contributed by atoms with Crippen LogP contribution in [0.4, 0.5) is 7.77 Å². The maximum absolute atomic E-state index is 13.5. The number of halogens is 2. The molecule has 0 bridgehead atoms. The van der Waals surface area contributed by atoms with Crippen molar-refractivity contribution < 1.29 is 7.77 Å². The zero-order chi connectivity index (χ0) is 9.31. The molecule has 0 aliphatic heterocycles. The van der Waals surface area contributed by atoms with E-state index >= 15 is 0 Å². The molecule has 2 rings (SSSR count). The molecule has 0 unspecified atom stereocenters. The van der Waals surface area contributed by atoms with Crippen molar-refractivity contribution in [3.63, 3.8) is 0 Å². The van der Waals surface area contributed by atoms with E-state index in [0.29, 0.717) is 0 Å². The SMILES string of the molecule is FS(F)(n1ccnc1)n1ccnc1. The molecule has 7 heteroatoms. The van der Waals surface area contributed by atoms with E-state index < -0.39 is 11.2 Å². The van der Waals surface area contributed by atoms with E-state index in [0.717, 1.165) is 20.6 Å². The highest BCUT2D eigenvalue weighted by Crippen LogP contribution is 2.53. The van der Waals surface area contributed by atoms with Crippen LogP contribution in [0.15, 0.2) is 37.4 Å². The minimum atomic E-state index is -4.04. The fourth-order valence-electron chi connectivity index (χ4n) is 0.863. The van der Waals surface area contributed by atoms with Crippen molar-refractivity contribution in [2.24, 2.45) is 0 Å². The predicted octanol–water partition coefficient (Wildman–Crippen LogP) is 1.88. The molecular weight excluding hydrogens is 198 g/mol. The Morgan fingerprint density at radius 1 is 0.923 bits per heavy atom. The van der Waals surface area contributed by atoms with Crippen molar-refractivity contribution in [2.45, 2.75) is 0 Å². The van der Waals surface area contributed by atoms with E-state index in [-0.39, 0.29) is 0 Å². The Kier molecular flexibility index (Phi) is 1.80. The fourth-order valence-corrected chi connectivity index (χ4v) is 1.82. The van der Waals surface area contributed by atoms with Crippen molar-refractivity contribution in [3.05, 3.63) is 37.4 Å². The largest absolute Gasteiger partial charge is 0.244 e. The number of hydrogen-bond acceptors (Lipinski definition) is 2. The van der Waals surface area contributed by atoms with Gasteiger partial charge in [0.15, 0.2) is 0 Å². The molecule has 0 aliphatic rings. The highest BCUT2D eigenvalue weighted by atomic mass is 32.3. The molecule has 2 heterocycles. The van der Waals surface area contributed by atoms with Gasteiger partial charge in [0.1, 0.15) is 12.7 Å². The van der Waals surface area contributed by atoms with Gasteiger partial charge < -0.3 is 0 Å². The Hall–Kier alpha value is -1.37. The molecule has 0 spiro atoms. The summed E-state index contributed by atoms with van der Waals surface area (Å²) in [5.41, 5.74) is 0. The molecule has 13 heavy (non-hydrogen) atoms. The van der Waals surface area contributed by atoms with E-state index in [1.54, 1.807) is 0 Å². The van der Waals surface area contributed by atoms with Gasteiger partial charge in [-0.3, -0.25) is 0 Å². The summed E-state index contributed by atoms with van der Waals surface area (Å²) in [5.74, 6) is 0. The highest BCUT2D eigenvalue weighted by Gasteiger charge is 2.26. The third-order valence-corrected chi connectivity index (χ3v) is 2.91. The van der Waals surface area contributed by atoms with Crippen LogP contribution in [-0.4, -0.2) is 17.9 Å². The standard InChI is InChI=1S/C6H6F2N4S/c7-13(8,11-3-1-9-5-11)12-4-2-10-6-12/h1-6H. The minimum absolute atomic E-state index is 0.786. The lowest BCUT2D eigenvalue weighted by atomic mass is 11.0. The summed E-state index contributed by atoms with van der Waals surface area (Å²) < 4.78 is 28.5. The van der Waals surface area contributed by atoms with Crippen LogP contribution >= 0.6 is 11.2 Å². The molecule has 4 nitrogen and oxygen atoms in total. The fraction of sp³-hybridized carbons (Fsp3) is 0. The Balaban J connectivity index is 2.42. The Labute approximate surface area is 75.0 Å². The van der Waals surface area contributed by atoms with Gasteiger partial charge in [-0.2, -0.15) is 0 Å². The predicted molar refractivity (Wildman–Crippen MR) is 45.1 cm³/mol. The molecular formula is C6H6F2N4S. The lowest BCUT2D eigenvalue weighted by Gasteiger charge is -2.21. The van der Waals surface area contributed by atoms with Crippen molar-refractivity contribution in [2.75, 3.05) is 0 Å². The van der Waals surface area contributed by atoms with Crippen molar-refractivity contribution in [1.82, 2.24) is 17.9 Å². The summed E-state index contributed by atoms with van der Waals surface area (Å²) in [4.78, 5) is 7.14. The molecule has 2 aromatic rings. The first-order valence-corrected chi connectivity index (χ1v) is 4.75. The lowest BCUT2D eigenvalue weighted by Crippen LogP contribution is -2.05. The van der Waals surface area contributed by atoms with Gasteiger partial charge in [0, 0.05) is 24.8 Å². The second-order valence-corrected chi connectivity index (χ2v) is 3.94. The monoisotopic (exact) mass is 204 g/mol. The number of aromatic nitrogens is 4. The molecule has 0 aliphatic carbocycles. The van der Waals surface area contributed by atoms with E-state index in [9.17, 15) is 7.77 Å². The van der Waals surface area contributed by atoms with E-state index in [1.165, 1.54) is 24.8 Å². The zero-order valence-electron chi connectivity index (χ0n) is 6.42. The summed E-state index contributed by atoms with van der Waals surface area (Å²) in [7, 11) is 0. The average Bonchev–Trinajstić information content (AvgIpc) is 2.78. The van der Waals surface area contributed by atoms with Crippen LogP contribution in [0.3, 0.4) is 0 Å². The molecule has 0 saturated heterocycles. The van der Waals surface area contributed by atoms with Crippen molar-refractivity contribution in [3.8, 4) is 0 Å². The van der Waals surface area contributed by atoms with Crippen molar-refractivity contribution in [1.29, 1.82) is 0 Å². The van der Waals surface area contributed by atoms with Gasteiger partial charge in [0.2, 0.25) is 11.2 Å². The average molecular weight is 204 g/mol. The van der Waals surface area contributed by atoms with Crippen LogP contribution in [0.1, 0.15) is 0 Å². The van der Waals surface area contributed by atoms with Gasteiger partial charge in [-0.15, -0.1) is 7.77 Å². The second-order valence-electron chi connectivity index (χ2n) is 2.26. The van der Waals surface area contributed by atoms with Crippen LogP contribution in [0.25, 0.3) is 0 Å². The van der Waals surface area contributed by atoms with Gasteiger partial charge in [-0.05, 0) is 0 Å². The third kappa shape index (κ3) is 1.31. The van der Waals surface area contributed by atoms with Gasteiger partial charge in [0.25, 0.3) is 0 Å². The molecule has 0 aromatic carbocycles. The van der Waals surface area contributed by atoms with E-state index in [1.807, 2.05) is 0 Å². The molecule has 0 fully saturated rings. The van der Waals surface area contributed by atoms with Crippen LogP contribution in [-0.2, 0) is 0 Å². The summed E-state index contributed by atoms with van der Waals surface area (Å²) in [6.07, 6.45) is 7.28. The molecule has 0 atom stereocenters. The van der Waals surface area contributed by atoms with Crippen molar-refractivity contribution >= 4 is 11.2 Å². The molecule has 0 N–H and O–H groups in total. The van der Waals surface area contributed by atoms with Gasteiger partial charge in [-0.25, -0.2) is 17.9 Å². The smallest absolute Gasteiger partial charge is 0.239 e. The van der Waals surface area contributed by atoms with Crippen LogP contribution in [0.5, 0.6) is 0 Å². The summed E-state index contributed by atoms with van der Waals surface area (Å²) in [6.45, 7) is 0. The molecule has 0 radical (unpaired) electrons. The summed E-state index contributed by atoms with van der Waals surface area (Å²) in [6, 6.07) is 0. The Bertz CT molecular complexity index is 333. The topological polar surface area (TPSA) is 35.6 Å². The third-order valence-electron chi connectivity index (χ3n) is 1.47. The van der Waals surface area contributed by atoms with Crippen LogP contribution in [0, 0.1) is 0 Å². The number of hydrogen-bond donors (Lipinski definition) is 0. The summed E-state index contributed by atoms with van der Waals surface area (Å²) in [5, 5.41) is 0. The summed E-state index contributed by atoms with van der Waals surface area (Å²) >= 11 is -4.04.